The molecule has 1 aromatic heterocycles. The molecule has 2 nitrogen and oxygen atoms in total. The monoisotopic (exact) mass is 636 g/mol. The molecule has 0 atom stereocenters. The predicted molar refractivity (Wildman–Crippen MR) is 208 cm³/mol. The number of hydrogen-bond donors (Lipinski definition) is 0. The topological polar surface area (TPSA) is 22.4 Å². The molecule has 1 aliphatic heterocycles. The maximum atomic E-state index is 6.95. The third kappa shape index (κ3) is 3.79. The van der Waals surface area contributed by atoms with Crippen LogP contribution in [0.3, 0.4) is 0 Å². The van der Waals surface area contributed by atoms with Crippen molar-refractivity contribution in [1.82, 2.24) is 0 Å². The van der Waals surface area contributed by atoms with Crippen LogP contribution in [0, 0.1) is 0 Å². The smallest absolute Gasteiger partial charge is 0.143 e. The molecule has 0 fully saturated rings. The van der Waals surface area contributed by atoms with Gasteiger partial charge in [-0.2, -0.15) is 0 Å². The van der Waals surface area contributed by atoms with Crippen molar-refractivity contribution in [2.75, 3.05) is 0 Å². The van der Waals surface area contributed by atoms with Crippen LogP contribution in [0.2, 0.25) is 0 Å². The van der Waals surface area contributed by atoms with Crippen molar-refractivity contribution in [2.45, 2.75) is 0 Å². The second-order valence-electron chi connectivity index (χ2n) is 13.1. The van der Waals surface area contributed by atoms with E-state index < -0.39 is 0 Å². The molecular weight excluding hydrogens is 609 g/mol. The lowest BCUT2D eigenvalue weighted by Crippen LogP contribution is -1.98. The molecule has 232 valence electrons. The number of benzene rings is 9. The zero-order valence-corrected chi connectivity index (χ0v) is 27.0. The van der Waals surface area contributed by atoms with E-state index in [0.29, 0.717) is 0 Å². The lowest BCUT2D eigenvalue weighted by molar-refractivity contribution is 0.487. The number of fused-ring (bicyclic) bond motifs is 7. The Balaban J connectivity index is 1.23. The summed E-state index contributed by atoms with van der Waals surface area (Å²) < 4.78 is 13.4. The Kier molecular flexibility index (Phi) is 5.70. The highest BCUT2D eigenvalue weighted by molar-refractivity contribution is 6.27. The Hall–Kier alpha value is -6.64. The van der Waals surface area contributed by atoms with Crippen molar-refractivity contribution in [1.29, 1.82) is 0 Å². The summed E-state index contributed by atoms with van der Waals surface area (Å²) in [7, 11) is 0. The van der Waals surface area contributed by atoms with Crippen molar-refractivity contribution in [3.8, 4) is 56.0 Å². The minimum atomic E-state index is 0.898. The molecule has 0 saturated carbocycles. The highest BCUT2D eigenvalue weighted by atomic mass is 16.5. The summed E-state index contributed by atoms with van der Waals surface area (Å²) in [6.07, 6.45) is 0. The van der Waals surface area contributed by atoms with E-state index in [1.807, 2.05) is 6.07 Å². The molecule has 50 heavy (non-hydrogen) atoms. The van der Waals surface area contributed by atoms with Crippen LogP contribution in [-0.4, -0.2) is 0 Å². The van der Waals surface area contributed by atoms with Gasteiger partial charge >= 0.3 is 0 Å². The SMILES string of the molecule is c1ccc(-c2cccc3c2oc2c(-c4c5ccccc5c(-c5ccc6c7c(cccc57)Oc5ccccc5-6)c5ccccc45)cccc23)cc1. The average Bonchev–Trinajstić information content (AvgIpc) is 3.57. The first-order chi connectivity index (χ1) is 24.8. The number of para-hydroxylation sites is 3. The summed E-state index contributed by atoms with van der Waals surface area (Å²) >= 11 is 0. The Morgan fingerprint density at radius 1 is 0.280 bits per heavy atom. The summed E-state index contributed by atoms with van der Waals surface area (Å²) in [5.41, 5.74) is 11.1. The maximum Gasteiger partial charge on any atom is 0.143 e. The van der Waals surface area contributed by atoms with Gasteiger partial charge in [0.15, 0.2) is 0 Å². The van der Waals surface area contributed by atoms with E-state index >= 15 is 0 Å². The highest BCUT2D eigenvalue weighted by Gasteiger charge is 2.25. The highest BCUT2D eigenvalue weighted by Crippen LogP contribution is 2.52. The van der Waals surface area contributed by atoms with Gasteiger partial charge in [0.2, 0.25) is 0 Å². The van der Waals surface area contributed by atoms with Gasteiger partial charge < -0.3 is 9.15 Å². The van der Waals surface area contributed by atoms with E-state index in [2.05, 4.69) is 164 Å². The van der Waals surface area contributed by atoms with Crippen LogP contribution in [0.25, 0.3) is 98.8 Å². The van der Waals surface area contributed by atoms with Gasteiger partial charge in [-0.3, -0.25) is 0 Å². The van der Waals surface area contributed by atoms with Crippen LogP contribution in [0.1, 0.15) is 0 Å². The van der Waals surface area contributed by atoms with Gasteiger partial charge in [-0.15, -0.1) is 0 Å². The standard InChI is InChI=1S/C48H28O2/c1-2-13-29(14-3-1)30-20-10-22-39-40-23-11-24-41(48(40)50-47(30)39)45-34-18-6-4-16-32(34)44(33-17-5-7-19-35(33)45)38-28-27-37-31-15-8-9-25-42(31)49-43-26-12-21-36(38)46(37)43/h1-28H. The minimum absolute atomic E-state index is 0.898. The number of ether oxygens (including phenoxy) is 1. The fourth-order valence-corrected chi connectivity index (χ4v) is 8.37. The molecule has 2 heteroatoms. The zero-order chi connectivity index (χ0) is 32.8. The van der Waals surface area contributed by atoms with E-state index in [1.165, 1.54) is 49.2 Å². The number of furan rings is 1. The molecule has 0 bridgehead atoms. The van der Waals surface area contributed by atoms with Crippen molar-refractivity contribution < 1.29 is 9.15 Å². The molecule has 2 heterocycles. The van der Waals surface area contributed by atoms with Crippen LogP contribution in [0.5, 0.6) is 11.5 Å². The van der Waals surface area contributed by atoms with E-state index in [4.69, 9.17) is 9.15 Å². The van der Waals surface area contributed by atoms with E-state index in [9.17, 15) is 0 Å². The molecule has 9 aromatic carbocycles. The summed E-state index contributed by atoms with van der Waals surface area (Å²) in [6.45, 7) is 0. The first kappa shape index (κ1) is 27.3. The molecule has 0 aliphatic carbocycles. The third-order valence-corrected chi connectivity index (χ3v) is 10.5. The summed E-state index contributed by atoms with van der Waals surface area (Å²) in [6, 6.07) is 60.6. The molecule has 0 N–H and O–H groups in total. The Bertz CT molecular complexity index is 2950. The second-order valence-corrected chi connectivity index (χ2v) is 13.1. The maximum absolute atomic E-state index is 6.95. The summed E-state index contributed by atoms with van der Waals surface area (Å²) in [4.78, 5) is 0. The molecule has 0 radical (unpaired) electrons. The van der Waals surface area contributed by atoms with Gasteiger partial charge in [0.25, 0.3) is 0 Å². The Morgan fingerprint density at radius 2 is 0.760 bits per heavy atom. The second kappa shape index (κ2) is 10.4. The van der Waals surface area contributed by atoms with Crippen molar-refractivity contribution in [3.05, 3.63) is 170 Å². The largest absolute Gasteiger partial charge is 0.456 e. The third-order valence-electron chi connectivity index (χ3n) is 10.5. The first-order valence-electron chi connectivity index (χ1n) is 17.1. The van der Waals surface area contributed by atoms with Crippen molar-refractivity contribution in [2.24, 2.45) is 0 Å². The van der Waals surface area contributed by atoms with Gasteiger partial charge in [0.05, 0.1) is 0 Å². The van der Waals surface area contributed by atoms with Crippen LogP contribution in [-0.2, 0) is 0 Å². The molecular formula is C48H28O2. The Labute approximate surface area is 288 Å². The zero-order valence-electron chi connectivity index (χ0n) is 27.0. The van der Waals surface area contributed by atoms with Crippen LogP contribution < -0.4 is 4.74 Å². The van der Waals surface area contributed by atoms with E-state index in [-0.39, 0.29) is 0 Å². The summed E-state index contributed by atoms with van der Waals surface area (Å²) in [5, 5.41) is 9.39. The number of rotatable bonds is 3. The van der Waals surface area contributed by atoms with Gasteiger partial charge in [0.1, 0.15) is 22.7 Å². The molecule has 0 saturated heterocycles. The molecule has 0 spiro atoms. The fourth-order valence-electron chi connectivity index (χ4n) is 8.37. The predicted octanol–water partition coefficient (Wildman–Crippen LogP) is 13.8. The molecule has 0 amide bonds. The molecule has 10 aromatic rings. The van der Waals surface area contributed by atoms with Crippen LogP contribution in [0.15, 0.2) is 174 Å². The normalized spacial score (nSPS) is 12.2. The average molecular weight is 637 g/mol. The minimum Gasteiger partial charge on any atom is -0.456 e. The van der Waals surface area contributed by atoms with Gasteiger partial charge in [-0.25, -0.2) is 0 Å². The molecule has 1 aliphatic rings. The van der Waals surface area contributed by atoms with Crippen LogP contribution in [0.4, 0.5) is 0 Å². The number of hydrogen-bond acceptors (Lipinski definition) is 2. The van der Waals surface area contributed by atoms with Gasteiger partial charge in [-0.1, -0.05) is 158 Å². The van der Waals surface area contributed by atoms with Crippen molar-refractivity contribution >= 4 is 54.3 Å². The van der Waals surface area contributed by atoms with Gasteiger partial charge in [0, 0.05) is 38.4 Å². The fraction of sp³-hybridized carbons (Fsp3) is 0. The summed E-state index contributed by atoms with van der Waals surface area (Å²) in [5.74, 6) is 1.80. The van der Waals surface area contributed by atoms with Gasteiger partial charge in [-0.05, 0) is 61.3 Å². The molecule has 0 unspecified atom stereocenters. The van der Waals surface area contributed by atoms with Crippen LogP contribution >= 0.6 is 0 Å². The first-order valence-corrected chi connectivity index (χ1v) is 17.1. The quantitative estimate of drug-likeness (QED) is 0.180. The van der Waals surface area contributed by atoms with E-state index in [1.54, 1.807) is 0 Å². The lowest BCUT2D eigenvalue weighted by Gasteiger charge is -2.24. The van der Waals surface area contributed by atoms with Crippen molar-refractivity contribution in [3.63, 3.8) is 0 Å². The van der Waals surface area contributed by atoms with E-state index in [0.717, 1.165) is 61.1 Å². The Morgan fingerprint density at radius 3 is 1.48 bits per heavy atom. The lowest BCUT2D eigenvalue weighted by atomic mass is 9.83. The molecule has 11 rings (SSSR count).